The van der Waals surface area contributed by atoms with E-state index in [1.54, 1.807) is 0 Å². The molecule has 0 atom stereocenters. The number of ether oxygens (including phenoxy) is 1. The summed E-state index contributed by atoms with van der Waals surface area (Å²) in [5.41, 5.74) is -0.350. The summed E-state index contributed by atoms with van der Waals surface area (Å²) in [6.07, 6.45) is -0.558. The number of benzene rings is 1. The molecule has 5 nitrogen and oxygen atoms in total. The van der Waals surface area contributed by atoms with Crippen LogP contribution in [0, 0.1) is 11.6 Å². The van der Waals surface area contributed by atoms with Crippen LogP contribution in [0.5, 0.6) is 0 Å². The van der Waals surface area contributed by atoms with Crippen molar-refractivity contribution < 1.29 is 23.1 Å². The molecule has 1 N–H and O–H groups in total. The van der Waals surface area contributed by atoms with Crippen LogP contribution in [0.2, 0.25) is 10.2 Å². The number of aromatic nitrogens is 1. The minimum atomic E-state index is -0.850. The van der Waals surface area contributed by atoms with E-state index in [-0.39, 0.29) is 22.1 Å². The Labute approximate surface area is 145 Å². The van der Waals surface area contributed by atoms with E-state index in [4.69, 9.17) is 23.2 Å². The van der Waals surface area contributed by atoms with Crippen molar-refractivity contribution in [2.45, 2.75) is 6.42 Å². The fourth-order valence-corrected chi connectivity index (χ4v) is 2.24. The SMILES string of the molecule is COC(=O)c1ccc(Cl)nc1NC(=O)Cc1c(F)ccc(F)c1Cl. The van der Waals surface area contributed by atoms with E-state index in [0.717, 1.165) is 19.2 Å². The highest BCUT2D eigenvalue weighted by Crippen LogP contribution is 2.24. The van der Waals surface area contributed by atoms with Gasteiger partial charge in [0.1, 0.15) is 28.2 Å². The highest BCUT2D eigenvalue weighted by Gasteiger charge is 2.19. The highest BCUT2D eigenvalue weighted by atomic mass is 35.5. The Hall–Kier alpha value is -2.25. The summed E-state index contributed by atoms with van der Waals surface area (Å²) in [6.45, 7) is 0. The Balaban J connectivity index is 2.27. The molecule has 1 aromatic carbocycles. The number of methoxy groups -OCH3 is 1. The highest BCUT2D eigenvalue weighted by molar-refractivity contribution is 6.31. The molecule has 126 valence electrons. The number of carbonyl (C=O) groups excluding carboxylic acids is 2. The van der Waals surface area contributed by atoms with Crippen LogP contribution < -0.4 is 5.32 Å². The van der Waals surface area contributed by atoms with Gasteiger partial charge in [0.15, 0.2) is 0 Å². The van der Waals surface area contributed by atoms with E-state index in [9.17, 15) is 18.4 Å². The van der Waals surface area contributed by atoms with Gasteiger partial charge in [-0.1, -0.05) is 23.2 Å². The number of pyridine rings is 1. The number of amides is 1. The smallest absolute Gasteiger partial charge is 0.341 e. The zero-order valence-corrected chi connectivity index (χ0v) is 13.7. The Morgan fingerprint density at radius 1 is 1.17 bits per heavy atom. The average Bonchev–Trinajstić information content (AvgIpc) is 2.54. The third kappa shape index (κ3) is 3.98. The maximum Gasteiger partial charge on any atom is 0.341 e. The summed E-state index contributed by atoms with van der Waals surface area (Å²) < 4.78 is 31.7. The van der Waals surface area contributed by atoms with Crippen LogP contribution >= 0.6 is 23.2 Å². The maximum atomic E-state index is 13.7. The van der Waals surface area contributed by atoms with Crippen molar-refractivity contribution in [3.63, 3.8) is 0 Å². The molecule has 1 amide bonds. The molecule has 1 heterocycles. The molecule has 0 radical (unpaired) electrons. The second kappa shape index (κ2) is 7.55. The lowest BCUT2D eigenvalue weighted by atomic mass is 10.1. The Kier molecular flexibility index (Phi) is 5.69. The molecule has 0 aliphatic carbocycles. The molecule has 2 aromatic rings. The predicted molar refractivity (Wildman–Crippen MR) is 84.3 cm³/mol. The molecular weight excluding hydrogens is 365 g/mol. The molecule has 24 heavy (non-hydrogen) atoms. The number of hydrogen-bond acceptors (Lipinski definition) is 4. The molecule has 0 spiro atoms. The molecule has 0 fully saturated rings. The monoisotopic (exact) mass is 374 g/mol. The number of rotatable bonds is 4. The number of halogens is 4. The lowest BCUT2D eigenvalue weighted by molar-refractivity contribution is -0.115. The molecule has 9 heteroatoms. The standard InChI is InChI=1S/C15H10Cl2F2N2O3/c1-24-15(23)7-2-5-11(16)20-14(7)21-12(22)6-8-9(18)3-4-10(19)13(8)17/h2-5H,6H2,1H3,(H,20,21,22). The average molecular weight is 375 g/mol. The van der Waals surface area contributed by atoms with Gasteiger partial charge >= 0.3 is 5.97 Å². The molecule has 0 unspecified atom stereocenters. The summed E-state index contributed by atoms with van der Waals surface area (Å²) in [6, 6.07) is 4.37. The number of nitrogens with zero attached hydrogens (tertiary/aromatic N) is 1. The minimum absolute atomic E-state index is 0.0212. The first-order chi connectivity index (χ1) is 11.3. The van der Waals surface area contributed by atoms with Crippen molar-refractivity contribution in [3.8, 4) is 0 Å². The summed E-state index contributed by atoms with van der Waals surface area (Å²) in [5.74, 6) is -3.35. The van der Waals surface area contributed by atoms with Gasteiger partial charge in [-0.3, -0.25) is 4.79 Å². The lowest BCUT2D eigenvalue weighted by Crippen LogP contribution is -2.19. The van der Waals surface area contributed by atoms with Gasteiger partial charge in [0, 0.05) is 5.56 Å². The Bertz CT molecular complexity index is 816. The third-order valence-electron chi connectivity index (χ3n) is 3.00. The molecule has 2 rings (SSSR count). The van der Waals surface area contributed by atoms with Crippen molar-refractivity contribution in [3.05, 3.63) is 57.2 Å². The molecule has 0 aliphatic heterocycles. The summed E-state index contributed by atoms with van der Waals surface area (Å²) in [4.78, 5) is 27.5. The molecule has 0 saturated heterocycles. The van der Waals surface area contributed by atoms with Crippen LogP contribution in [0.4, 0.5) is 14.6 Å². The fraction of sp³-hybridized carbons (Fsp3) is 0.133. The number of nitrogens with one attached hydrogen (secondary N) is 1. The van der Waals surface area contributed by atoms with Crippen LogP contribution in [0.1, 0.15) is 15.9 Å². The van der Waals surface area contributed by atoms with Gasteiger partial charge < -0.3 is 10.1 Å². The van der Waals surface area contributed by atoms with Gasteiger partial charge in [-0.05, 0) is 24.3 Å². The molecule has 1 aromatic heterocycles. The second-order valence-corrected chi connectivity index (χ2v) is 5.33. The van der Waals surface area contributed by atoms with Crippen LogP contribution in [-0.2, 0) is 16.0 Å². The van der Waals surface area contributed by atoms with Crippen LogP contribution in [-0.4, -0.2) is 24.0 Å². The van der Waals surface area contributed by atoms with Crippen LogP contribution in [0.3, 0.4) is 0 Å². The van der Waals surface area contributed by atoms with Crippen molar-refractivity contribution in [2.24, 2.45) is 0 Å². The first-order valence-electron chi connectivity index (χ1n) is 6.50. The van der Waals surface area contributed by atoms with Crippen molar-refractivity contribution in [1.29, 1.82) is 0 Å². The van der Waals surface area contributed by atoms with Crippen LogP contribution in [0.25, 0.3) is 0 Å². The van der Waals surface area contributed by atoms with Gasteiger partial charge in [0.2, 0.25) is 5.91 Å². The number of carbonyl (C=O) groups is 2. The topological polar surface area (TPSA) is 68.3 Å². The quantitative estimate of drug-likeness (QED) is 0.504. The number of hydrogen-bond donors (Lipinski definition) is 1. The van der Waals surface area contributed by atoms with E-state index in [1.165, 1.54) is 12.1 Å². The van der Waals surface area contributed by atoms with E-state index in [2.05, 4.69) is 15.0 Å². The normalized spacial score (nSPS) is 10.4. The zero-order chi connectivity index (χ0) is 17.9. The Morgan fingerprint density at radius 3 is 2.50 bits per heavy atom. The van der Waals surface area contributed by atoms with E-state index in [1.807, 2.05) is 0 Å². The number of esters is 1. The van der Waals surface area contributed by atoms with Gasteiger partial charge in [-0.25, -0.2) is 18.6 Å². The fourth-order valence-electron chi connectivity index (χ4n) is 1.87. The molecule has 0 bridgehead atoms. The zero-order valence-electron chi connectivity index (χ0n) is 12.2. The molecule has 0 aliphatic rings. The molecular formula is C15H10Cl2F2N2O3. The second-order valence-electron chi connectivity index (χ2n) is 4.57. The van der Waals surface area contributed by atoms with Crippen molar-refractivity contribution in [2.75, 3.05) is 12.4 Å². The Morgan fingerprint density at radius 2 is 1.83 bits per heavy atom. The third-order valence-corrected chi connectivity index (χ3v) is 3.62. The van der Waals surface area contributed by atoms with E-state index >= 15 is 0 Å². The van der Waals surface area contributed by atoms with Gasteiger partial charge in [0.25, 0.3) is 0 Å². The minimum Gasteiger partial charge on any atom is -0.465 e. The largest absolute Gasteiger partial charge is 0.465 e. The summed E-state index contributed by atoms with van der Waals surface area (Å²) in [5, 5.41) is 1.84. The summed E-state index contributed by atoms with van der Waals surface area (Å²) in [7, 11) is 1.16. The van der Waals surface area contributed by atoms with E-state index in [0.29, 0.717) is 0 Å². The number of anilines is 1. The summed E-state index contributed by atoms with van der Waals surface area (Å²) >= 11 is 11.4. The predicted octanol–water partition coefficient (Wildman–Crippen LogP) is 3.63. The van der Waals surface area contributed by atoms with Crippen molar-refractivity contribution >= 4 is 40.9 Å². The van der Waals surface area contributed by atoms with E-state index < -0.39 is 35.0 Å². The first-order valence-corrected chi connectivity index (χ1v) is 7.26. The lowest BCUT2D eigenvalue weighted by Gasteiger charge is -2.10. The van der Waals surface area contributed by atoms with Gasteiger partial charge in [-0.15, -0.1) is 0 Å². The van der Waals surface area contributed by atoms with Crippen molar-refractivity contribution in [1.82, 2.24) is 4.98 Å². The van der Waals surface area contributed by atoms with Crippen LogP contribution in [0.15, 0.2) is 24.3 Å². The first kappa shape index (κ1) is 18.1. The molecule has 0 saturated carbocycles. The van der Waals surface area contributed by atoms with Gasteiger partial charge in [0.05, 0.1) is 18.6 Å². The maximum absolute atomic E-state index is 13.7. The van der Waals surface area contributed by atoms with Gasteiger partial charge in [-0.2, -0.15) is 0 Å².